The number of halogens is 1. The van der Waals surface area contributed by atoms with Crippen molar-refractivity contribution in [2.45, 2.75) is 6.92 Å². The van der Waals surface area contributed by atoms with E-state index in [1.165, 1.54) is 0 Å². The summed E-state index contributed by atoms with van der Waals surface area (Å²) in [6, 6.07) is 9.50. The highest BCUT2D eigenvalue weighted by Gasteiger charge is 2.12. The standard InChI is InChI=1S/C14H10ClN3/c1-9-12(15)10-5-4-8-17-14(10)18-13(9)11-6-2-3-7-16-11/h2-8H,1H3. The van der Waals surface area contributed by atoms with Crippen LogP contribution in [0.2, 0.25) is 5.02 Å². The first-order chi connectivity index (χ1) is 8.77. The van der Waals surface area contributed by atoms with Crippen molar-refractivity contribution in [1.29, 1.82) is 0 Å². The summed E-state index contributed by atoms with van der Waals surface area (Å²) >= 11 is 6.37. The van der Waals surface area contributed by atoms with Gasteiger partial charge in [-0.2, -0.15) is 0 Å². The van der Waals surface area contributed by atoms with Crippen LogP contribution in [0.4, 0.5) is 0 Å². The molecular weight excluding hydrogens is 246 g/mol. The minimum absolute atomic E-state index is 0.647. The molecule has 3 nitrogen and oxygen atoms in total. The van der Waals surface area contributed by atoms with E-state index in [1.54, 1.807) is 12.4 Å². The maximum Gasteiger partial charge on any atom is 0.161 e. The molecule has 0 amide bonds. The van der Waals surface area contributed by atoms with Crippen LogP contribution in [0.1, 0.15) is 5.56 Å². The largest absolute Gasteiger partial charge is 0.255 e. The molecule has 0 aliphatic rings. The third-order valence-corrected chi connectivity index (χ3v) is 3.32. The van der Waals surface area contributed by atoms with Gasteiger partial charge < -0.3 is 0 Å². The quantitative estimate of drug-likeness (QED) is 0.666. The molecule has 3 aromatic rings. The lowest BCUT2D eigenvalue weighted by molar-refractivity contribution is 1.21. The SMILES string of the molecule is Cc1c(-c2ccccn2)nc2ncccc2c1Cl. The average Bonchev–Trinajstić information content (AvgIpc) is 2.44. The lowest BCUT2D eigenvalue weighted by Crippen LogP contribution is -1.95. The fourth-order valence-corrected chi connectivity index (χ4v) is 2.14. The van der Waals surface area contributed by atoms with E-state index < -0.39 is 0 Å². The molecule has 88 valence electrons. The second-order valence-corrected chi connectivity index (χ2v) is 4.37. The third kappa shape index (κ3) is 1.73. The number of aromatic nitrogens is 3. The van der Waals surface area contributed by atoms with E-state index in [0.29, 0.717) is 10.7 Å². The Bertz CT molecular complexity index is 711. The van der Waals surface area contributed by atoms with Crippen molar-refractivity contribution in [2.75, 3.05) is 0 Å². The van der Waals surface area contributed by atoms with Gasteiger partial charge in [-0.3, -0.25) is 4.98 Å². The average molecular weight is 256 g/mol. The molecule has 0 aliphatic carbocycles. The highest BCUT2D eigenvalue weighted by molar-refractivity contribution is 6.36. The highest BCUT2D eigenvalue weighted by Crippen LogP contribution is 2.30. The van der Waals surface area contributed by atoms with Gasteiger partial charge >= 0.3 is 0 Å². The van der Waals surface area contributed by atoms with Crippen LogP contribution in [0.15, 0.2) is 42.7 Å². The molecule has 0 fully saturated rings. The molecule has 18 heavy (non-hydrogen) atoms. The van der Waals surface area contributed by atoms with Gasteiger partial charge in [-0.1, -0.05) is 17.7 Å². The lowest BCUT2D eigenvalue weighted by atomic mass is 10.1. The molecule has 0 bridgehead atoms. The first-order valence-corrected chi connectivity index (χ1v) is 5.97. The zero-order chi connectivity index (χ0) is 12.5. The van der Waals surface area contributed by atoms with E-state index in [9.17, 15) is 0 Å². The van der Waals surface area contributed by atoms with Crippen LogP contribution < -0.4 is 0 Å². The van der Waals surface area contributed by atoms with Crippen molar-refractivity contribution in [2.24, 2.45) is 0 Å². The van der Waals surface area contributed by atoms with Gasteiger partial charge in [-0.05, 0) is 36.8 Å². The second-order valence-electron chi connectivity index (χ2n) is 3.99. The van der Waals surface area contributed by atoms with Gasteiger partial charge in [0.05, 0.1) is 16.4 Å². The Balaban J connectivity index is 2.34. The summed E-state index contributed by atoms with van der Waals surface area (Å²) in [6.45, 7) is 1.95. The number of hydrogen-bond acceptors (Lipinski definition) is 3. The molecule has 3 rings (SSSR count). The van der Waals surface area contributed by atoms with Crippen LogP contribution in [0.5, 0.6) is 0 Å². The maximum atomic E-state index is 6.37. The second kappa shape index (κ2) is 4.35. The van der Waals surface area contributed by atoms with Gasteiger partial charge in [0.2, 0.25) is 0 Å². The summed E-state index contributed by atoms with van der Waals surface area (Å²) < 4.78 is 0. The molecule has 0 saturated heterocycles. The van der Waals surface area contributed by atoms with Crippen molar-refractivity contribution < 1.29 is 0 Å². The highest BCUT2D eigenvalue weighted by atomic mass is 35.5. The van der Waals surface area contributed by atoms with E-state index >= 15 is 0 Å². The fraction of sp³-hybridized carbons (Fsp3) is 0.0714. The number of rotatable bonds is 1. The maximum absolute atomic E-state index is 6.37. The molecule has 0 saturated carbocycles. The van der Waals surface area contributed by atoms with Crippen molar-refractivity contribution in [3.05, 3.63) is 53.3 Å². The lowest BCUT2D eigenvalue weighted by Gasteiger charge is -2.08. The molecule has 0 radical (unpaired) electrons. The van der Waals surface area contributed by atoms with E-state index in [1.807, 2.05) is 37.3 Å². The van der Waals surface area contributed by atoms with Gasteiger partial charge in [-0.25, -0.2) is 9.97 Å². The Labute approximate surface area is 109 Å². The Morgan fingerprint density at radius 2 is 1.83 bits per heavy atom. The number of pyridine rings is 3. The van der Waals surface area contributed by atoms with Crippen LogP contribution in [0.25, 0.3) is 22.4 Å². The van der Waals surface area contributed by atoms with Gasteiger partial charge in [0.15, 0.2) is 5.65 Å². The number of fused-ring (bicyclic) bond motifs is 1. The summed E-state index contributed by atoms with van der Waals surface area (Å²) in [5.74, 6) is 0. The summed E-state index contributed by atoms with van der Waals surface area (Å²) in [4.78, 5) is 13.1. The summed E-state index contributed by atoms with van der Waals surface area (Å²) in [6.07, 6.45) is 3.45. The van der Waals surface area contributed by atoms with Crippen LogP contribution in [-0.4, -0.2) is 15.0 Å². The molecule has 4 heteroatoms. The number of nitrogens with zero attached hydrogens (tertiary/aromatic N) is 3. The van der Waals surface area contributed by atoms with Crippen molar-refractivity contribution in [3.63, 3.8) is 0 Å². The topological polar surface area (TPSA) is 38.7 Å². The predicted molar refractivity (Wildman–Crippen MR) is 72.5 cm³/mol. The van der Waals surface area contributed by atoms with E-state index in [2.05, 4.69) is 15.0 Å². The summed E-state index contributed by atoms with van der Waals surface area (Å²) in [5, 5.41) is 1.56. The van der Waals surface area contributed by atoms with E-state index in [-0.39, 0.29) is 0 Å². The Morgan fingerprint density at radius 3 is 2.61 bits per heavy atom. The van der Waals surface area contributed by atoms with Crippen LogP contribution in [-0.2, 0) is 0 Å². The molecule has 3 aromatic heterocycles. The normalized spacial score (nSPS) is 10.8. The van der Waals surface area contributed by atoms with Crippen molar-refractivity contribution >= 4 is 22.6 Å². The smallest absolute Gasteiger partial charge is 0.161 e. The molecule has 0 aromatic carbocycles. The van der Waals surface area contributed by atoms with Gasteiger partial charge in [0.25, 0.3) is 0 Å². The fourth-order valence-electron chi connectivity index (χ4n) is 1.91. The zero-order valence-electron chi connectivity index (χ0n) is 9.76. The first-order valence-electron chi connectivity index (χ1n) is 5.59. The Hall–Kier alpha value is -2.00. The minimum atomic E-state index is 0.647. The molecular formula is C14H10ClN3. The van der Waals surface area contributed by atoms with Crippen LogP contribution in [0.3, 0.4) is 0 Å². The van der Waals surface area contributed by atoms with Crippen molar-refractivity contribution in [1.82, 2.24) is 15.0 Å². The predicted octanol–water partition coefficient (Wildman–Crippen LogP) is 3.65. The zero-order valence-corrected chi connectivity index (χ0v) is 10.5. The van der Waals surface area contributed by atoms with Crippen molar-refractivity contribution in [3.8, 4) is 11.4 Å². The summed E-state index contributed by atoms with van der Waals surface area (Å²) in [5.41, 5.74) is 3.17. The third-order valence-electron chi connectivity index (χ3n) is 2.83. The monoisotopic (exact) mass is 255 g/mol. The van der Waals surface area contributed by atoms with Gasteiger partial charge in [0.1, 0.15) is 0 Å². The van der Waals surface area contributed by atoms with Crippen LogP contribution >= 0.6 is 11.6 Å². The molecule has 0 spiro atoms. The van der Waals surface area contributed by atoms with Crippen LogP contribution in [0, 0.1) is 6.92 Å². The van der Waals surface area contributed by atoms with E-state index in [4.69, 9.17) is 11.6 Å². The molecule has 0 aliphatic heterocycles. The Morgan fingerprint density at radius 1 is 1.00 bits per heavy atom. The first kappa shape index (κ1) is 11.1. The molecule has 0 N–H and O–H groups in total. The minimum Gasteiger partial charge on any atom is -0.255 e. The van der Waals surface area contributed by atoms with Gasteiger partial charge in [-0.15, -0.1) is 0 Å². The molecule has 3 heterocycles. The van der Waals surface area contributed by atoms with Gasteiger partial charge in [0, 0.05) is 17.8 Å². The molecule has 0 atom stereocenters. The summed E-state index contributed by atoms with van der Waals surface area (Å²) in [7, 11) is 0. The van der Waals surface area contributed by atoms with E-state index in [0.717, 1.165) is 22.3 Å². The molecule has 0 unspecified atom stereocenters. The number of hydrogen-bond donors (Lipinski definition) is 0. The Kier molecular flexibility index (Phi) is 2.68.